The highest BCUT2D eigenvalue weighted by Gasteiger charge is 2.13. The number of benzene rings is 3. The quantitative estimate of drug-likeness (QED) is 0.515. The van der Waals surface area contributed by atoms with Crippen LogP contribution in [0.15, 0.2) is 78.9 Å². The van der Waals surface area contributed by atoms with Gasteiger partial charge in [0.1, 0.15) is 11.6 Å². The van der Waals surface area contributed by atoms with E-state index in [1.807, 2.05) is 60.7 Å². The van der Waals surface area contributed by atoms with Gasteiger partial charge in [0.25, 0.3) is 0 Å². The van der Waals surface area contributed by atoms with Crippen molar-refractivity contribution in [3.05, 3.63) is 90.5 Å². The predicted molar refractivity (Wildman–Crippen MR) is 96.1 cm³/mol. The average Bonchev–Trinajstić information content (AvgIpc) is 2.68. The normalized spacial score (nSPS) is 10.7. The molecule has 0 unspecified atom stereocenters. The van der Waals surface area contributed by atoms with Crippen LogP contribution in [-0.2, 0) is 0 Å². The van der Waals surface area contributed by atoms with Gasteiger partial charge in [-0.3, -0.25) is 0 Å². The maximum atomic E-state index is 13.6. The molecule has 26 heavy (non-hydrogen) atoms. The molecule has 1 aromatic heterocycles. The molecule has 0 aliphatic rings. The molecule has 5 heteroatoms. The molecule has 0 aliphatic carbocycles. The number of nitrogens with zero attached hydrogens (tertiary/aromatic N) is 3. The summed E-state index contributed by atoms with van der Waals surface area (Å²) in [6.07, 6.45) is 0. The lowest BCUT2D eigenvalue weighted by Gasteiger charge is -2.08. The smallest absolute Gasteiger partial charge is 0.164 e. The van der Waals surface area contributed by atoms with Crippen LogP contribution in [0.2, 0.25) is 0 Å². The summed E-state index contributed by atoms with van der Waals surface area (Å²) in [5.41, 5.74) is 1.86. The second kappa shape index (κ2) is 6.80. The van der Waals surface area contributed by atoms with Crippen molar-refractivity contribution in [1.82, 2.24) is 15.0 Å². The third kappa shape index (κ3) is 3.32. The summed E-state index contributed by atoms with van der Waals surface area (Å²) in [6, 6.07) is 22.0. The van der Waals surface area contributed by atoms with Crippen LogP contribution in [-0.4, -0.2) is 15.0 Å². The Bertz CT molecular complexity index is 973. The van der Waals surface area contributed by atoms with E-state index in [1.54, 1.807) is 0 Å². The van der Waals surface area contributed by atoms with Crippen LogP contribution in [0.25, 0.3) is 34.2 Å². The first-order valence-corrected chi connectivity index (χ1v) is 8.02. The summed E-state index contributed by atoms with van der Waals surface area (Å²) < 4.78 is 27.3. The zero-order valence-electron chi connectivity index (χ0n) is 13.6. The van der Waals surface area contributed by atoms with Crippen molar-refractivity contribution in [3.63, 3.8) is 0 Å². The van der Waals surface area contributed by atoms with Crippen LogP contribution >= 0.6 is 0 Å². The molecule has 3 aromatic carbocycles. The Balaban J connectivity index is 1.93. The molecule has 126 valence electrons. The lowest BCUT2D eigenvalue weighted by Crippen LogP contribution is -2.00. The van der Waals surface area contributed by atoms with Crippen molar-refractivity contribution in [2.75, 3.05) is 0 Å². The van der Waals surface area contributed by atoms with E-state index >= 15 is 0 Å². The lowest BCUT2D eigenvalue weighted by molar-refractivity contribution is 0.584. The van der Waals surface area contributed by atoms with Gasteiger partial charge >= 0.3 is 0 Å². The molecular weight excluding hydrogens is 332 g/mol. The van der Waals surface area contributed by atoms with Gasteiger partial charge in [-0.15, -0.1) is 0 Å². The van der Waals surface area contributed by atoms with E-state index in [2.05, 4.69) is 15.0 Å². The van der Waals surface area contributed by atoms with Crippen molar-refractivity contribution < 1.29 is 8.78 Å². The van der Waals surface area contributed by atoms with Crippen molar-refractivity contribution in [2.45, 2.75) is 0 Å². The molecule has 3 nitrogen and oxygen atoms in total. The number of rotatable bonds is 3. The SMILES string of the molecule is Fc1cc(F)cc(-c2nc(-c3ccccc3)nc(-c3ccccc3)n2)c1. The number of hydrogen-bond donors (Lipinski definition) is 0. The molecule has 0 aliphatic heterocycles. The molecule has 0 amide bonds. The molecule has 0 fully saturated rings. The summed E-state index contributed by atoms with van der Waals surface area (Å²) in [6.45, 7) is 0. The Kier molecular flexibility index (Phi) is 4.19. The molecule has 4 rings (SSSR count). The Morgan fingerprint density at radius 3 is 1.27 bits per heavy atom. The molecular formula is C21H13F2N3. The van der Waals surface area contributed by atoms with Gasteiger partial charge in [0.15, 0.2) is 17.5 Å². The standard InChI is InChI=1S/C21H13F2N3/c22-17-11-16(12-18(23)13-17)21-25-19(14-7-3-1-4-8-14)24-20(26-21)15-9-5-2-6-10-15/h1-13H. The van der Waals surface area contributed by atoms with Gasteiger partial charge in [-0.2, -0.15) is 0 Å². The topological polar surface area (TPSA) is 38.7 Å². The van der Waals surface area contributed by atoms with Gasteiger partial charge < -0.3 is 0 Å². The minimum atomic E-state index is -0.678. The van der Waals surface area contributed by atoms with Crippen LogP contribution in [0, 0.1) is 11.6 Å². The monoisotopic (exact) mass is 345 g/mol. The fourth-order valence-corrected chi connectivity index (χ4v) is 2.62. The third-order valence-corrected chi connectivity index (χ3v) is 3.82. The van der Waals surface area contributed by atoms with E-state index in [1.165, 1.54) is 12.1 Å². The summed E-state index contributed by atoms with van der Waals surface area (Å²) in [5.74, 6) is -0.250. The minimum Gasteiger partial charge on any atom is -0.208 e. The van der Waals surface area contributed by atoms with E-state index < -0.39 is 11.6 Å². The Morgan fingerprint density at radius 1 is 0.462 bits per heavy atom. The average molecular weight is 345 g/mol. The van der Waals surface area contributed by atoms with Crippen LogP contribution in [0.4, 0.5) is 8.78 Å². The van der Waals surface area contributed by atoms with Gasteiger partial charge in [0.2, 0.25) is 0 Å². The highest BCUT2D eigenvalue weighted by atomic mass is 19.1. The maximum Gasteiger partial charge on any atom is 0.164 e. The number of halogens is 2. The van der Waals surface area contributed by atoms with Gasteiger partial charge in [0, 0.05) is 22.8 Å². The molecule has 0 saturated heterocycles. The zero-order chi connectivity index (χ0) is 17.9. The van der Waals surface area contributed by atoms with Crippen LogP contribution < -0.4 is 0 Å². The first-order chi connectivity index (χ1) is 12.7. The van der Waals surface area contributed by atoms with Crippen LogP contribution in [0.1, 0.15) is 0 Å². The van der Waals surface area contributed by atoms with Gasteiger partial charge in [-0.1, -0.05) is 60.7 Å². The van der Waals surface area contributed by atoms with Gasteiger partial charge in [-0.25, -0.2) is 23.7 Å². The molecule has 4 aromatic rings. The van der Waals surface area contributed by atoms with Crippen molar-refractivity contribution in [1.29, 1.82) is 0 Å². The van der Waals surface area contributed by atoms with Crippen LogP contribution in [0.3, 0.4) is 0 Å². The fourth-order valence-electron chi connectivity index (χ4n) is 2.62. The van der Waals surface area contributed by atoms with Crippen LogP contribution in [0.5, 0.6) is 0 Å². The first-order valence-electron chi connectivity index (χ1n) is 8.02. The Morgan fingerprint density at radius 2 is 0.846 bits per heavy atom. The van der Waals surface area contributed by atoms with E-state index in [0.29, 0.717) is 11.6 Å². The fraction of sp³-hybridized carbons (Fsp3) is 0. The summed E-state index contributed by atoms with van der Waals surface area (Å²) >= 11 is 0. The highest BCUT2D eigenvalue weighted by Crippen LogP contribution is 2.25. The second-order valence-corrected chi connectivity index (χ2v) is 5.70. The molecule has 0 atom stereocenters. The van der Waals surface area contributed by atoms with E-state index in [0.717, 1.165) is 17.2 Å². The maximum absolute atomic E-state index is 13.6. The summed E-state index contributed by atoms with van der Waals surface area (Å²) in [7, 11) is 0. The number of hydrogen-bond acceptors (Lipinski definition) is 3. The van der Waals surface area contributed by atoms with E-state index in [4.69, 9.17) is 0 Å². The zero-order valence-corrected chi connectivity index (χ0v) is 13.6. The molecule has 0 saturated carbocycles. The van der Waals surface area contributed by atoms with Gasteiger partial charge in [0.05, 0.1) is 0 Å². The largest absolute Gasteiger partial charge is 0.208 e. The first kappa shape index (κ1) is 16.0. The highest BCUT2D eigenvalue weighted by molar-refractivity contribution is 5.66. The molecule has 0 bridgehead atoms. The Hall–Kier alpha value is -3.47. The van der Waals surface area contributed by atoms with E-state index in [-0.39, 0.29) is 11.4 Å². The second-order valence-electron chi connectivity index (χ2n) is 5.70. The third-order valence-electron chi connectivity index (χ3n) is 3.82. The van der Waals surface area contributed by atoms with Crippen molar-refractivity contribution in [3.8, 4) is 34.2 Å². The van der Waals surface area contributed by atoms with Crippen molar-refractivity contribution >= 4 is 0 Å². The lowest BCUT2D eigenvalue weighted by atomic mass is 10.1. The predicted octanol–water partition coefficient (Wildman–Crippen LogP) is 5.15. The summed E-state index contributed by atoms with van der Waals surface area (Å²) in [5, 5.41) is 0. The molecule has 0 N–H and O–H groups in total. The summed E-state index contributed by atoms with van der Waals surface area (Å²) in [4.78, 5) is 13.4. The molecule has 1 heterocycles. The number of aromatic nitrogens is 3. The minimum absolute atomic E-state index is 0.219. The van der Waals surface area contributed by atoms with E-state index in [9.17, 15) is 8.78 Å². The van der Waals surface area contributed by atoms with Crippen molar-refractivity contribution in [2.24, 2.45) is 0 Å². The van der Waals surface area contributed by atoms with Gasteiger partial charge in [-0.05, 0) is 12.1 Å². The Labute approximate surface area is 149 Å². The molecule has 0 spiro atoms. The molecule has 0 radical (unpaired) electrons.